The Balaban J connectivity index is 4.28. The first kappa shape index (κ1) is 14.4. The fourth-order valence-electron chi connectivity index (χ4n) is 1.59. The van der Waals surface area contributed by atoms with Gasteiger partial charge in [-0.1, -0.05) is 27.4 Å². The van der Waals surface area contributed by atoms with Crippen molar-refractivity contribution in [1.29, 1.82) is 0 Å². The van der Waals surface area contributed by atoms with Crippen LogP contribution in [0.2, 0.25) is 18.1 Å². The first-order valence-electron chi connectivity index (χ1n) is 5.54. The fourth-order valence-corrected chi connectivity index (χ4v) is 4.34. The van der Waals surface area contributed by atoms with E-state index in [1.807, 2.05) is 0 Å². The maximum absolute atomic E-state index is 11.0. The van der Waals surface area contributed by atoms with Crippen LogP contribution in [-0.2, 0) is 14.0 Å². The summed E-state index contributed by atoms with van der Waals surface area (Å²) in [6, 6.07) is 3.15. The second-order valence-electron chi connectivity index (χ2n) is 3.57. The smallest absolute Gasteiger partial charge is 0.332 e. The largest absolute Gasteiger partial charge is 0.434 e. The Morgan fingerprint density at radius 3 is 2.13 bits per heavy atom. The number of carbonyl (C=O) groups is 1. The molecule has 3 nitrogen and oxygen atoms in total. The van der Waals surface area contributed by atoms with Crippen molar-refractivity contribution in [3.05, 3.63) is 12.7 Å². The van der Waals surface area contributed by atoms with Crippen LogP contribution >= 0.6 is 0 Å². The van der Waals surface area contributed by atoms with Crippen LogP contribution in [0, 0.1) is 0 Å². The Hall–Kier alpha value is -0.613. The summed E-state index contributed by atoms with van der Waals surface area (Å²) in [6.07, 6.45) is 0.703. The molecule has 0 spiro atoms. The molecule has 0 aromatic heterocycles. The van der Waals surface area contributed by atoms with Crippen LogP contribution in [0.4, 0.5) is 0 Å². The molecule has 0 radical (unpaired) electrons. The summed E-state index contributed by atoms with van der Waals surface area (Å²) >= 11 is 0. The standard InChI is InChI=1S/C11H22O3Si/c1-6-11(12)13-10(5)14-15(7-2,8-3)9-4/h6,10H,1,7-9H2,2-5H3. The molecule has 15 heavy (non-hydrogen) atoms. The number of hydrogen-bond donors (Lipinski definition) is 0. The maximum atomic E-state index is 11.0. The normalized spacial score (nSPS) is 13.3. The average Bonchev–Trinajstić information content (AvgIpc) is 2.26. The number of ether oxygens (including phenoxy) is 1. The summed E-state index contributed by atoms with van der Waals surface area (Å²) in [5, 5.41) is 0. The Labute approximate surface area is 93.6 Å². The fraction of sp³-hybridized carbons (Fsp3) is 0.727. The first-order chi connectivity index (χ1) is 7.03. The zero-order chi connectivity index (χ0) is 11.9. The molecule has 0 aromatic carbocycles. The molecule has 88 valence electrons. The van der Waals surface area contributed by atoms with Crippen LogP contribution in [0.1, 0.15) is 27.7 Å². The van der Waals surface area contributed by atoms with E-state index in [0.29, 0.717) is 0 Å². The molecule has 0 bridgehead atoms. The van der Waals surface area contributed by atoms with E-state index >= 15 is 0 Å². The van der Waals surface area contributed by atoms with Crippen molar-refractivity contribution in [2.45, 2.75) is 52.1 Å². The molecule has 0 aliphatic carbocycles. The van der Waals surface area contributed by atoms with Gasteiger partial charge in [0.1, 0.15) is 0 Å². The highest BCUT2D eigenvalue weighted by atomic mass is 28.4. The second kappa shape index (κ2) is 6.79. The van der Waals surface area contributed by atoms with Gasteiger partial charge in [-0.3, -0.25) is 0 Å². The molecule has 0 heterocycles. The van der Waals surface area contributed by atoms with Crippen LogP contribution in [-0.4, -0.2) is 20.6 Å². The van der Waals surface area contributed by atoms with E-state index in [1.54, 1.807) is 6.92 Å². The van der Waals surface area contributed by atoms with Gasteiger partial charge in [0, 0.05) is 6.08 Å². The van der Waals surface area contributed by atoms with Crippen molar-refractivity contribution in [3.63, 3.8) is 0 Å². The minimum absolute atomic E-state index is 0.422. The lowest BCUT2D eigenvalue weighted by atomic mass is 10.6. The van der Waals surface area contributed by atoms with Gasteiger partial charge < -0.3 is 9.16 Å². The lowest BCUT2D eigenvalue weighted by molar-refractivity contribution is -0.156. The molecule has 1 atom stereocenters. The zero-order valence-electron chi connectivity index (χ0n) is 10.2. The van der Waals surface area contributed by atoms with Gasteiger partial charge in [-0.25, -0.2) is 4.79 Å². The van der Waals surface area contributed by atoms with Crippen LogP contribution in [0.3, 0.4) is 0 Å². The number of esters is 1. The van der Waals surface area contributed by atoms with E-state index in [0.717, 1.165) is 24.2 Å². The highest BCUT2D eigenvalue weighted by molar-refractivity contribution is 6.73. The van der Waals surface area contributed by atoms with E-state index in [4.69, 9.17) is 9.16 Å². The molecule has 0 aromatic rings. The van der Waals surface area contributed by atoms with Gasteiger partial charge in [-0.05, 0) is 25.1 Å². The molecule has 0 aliphatic rings. The van der Waals surface area contributed by atoms with E-state index in [2.05, 4.69) is 27.4 Å². The lowest BCUT2D eigenvalue weighted by Gasteiger charge is -2.30. The van der Waals surface area contributed by atoms with E-state index in [-0.39, 0.29) is 0 Å². The number of hydrogen-bond acceptors (Lipinski definition) is 3. The maximum Gasteiger partial charge on any atom is 0.332 e. The van der Waals surface area contributed by atoms with Crippen LogP contribution in [0.5, 0.6) is 0 Å². The topological polar surface area (TPSA) is 35.5 Å². The van der Waals surface area contributed by atoms with Crippen molar-refractivity contribution < 1.29 is 14.0 Å². The molecule has 0 rings (SSSR count). The zero-order valence-corrected chi connectivity index (χ0v) is 11.2. The third-order valence-electron chi connectivity index (χ3n) is 2.80. The van der Waals surface area contributed by atoms with Gasteiger partial charge in [-0.2, -0.15) is 0 Å². The van der Waals surface area contributed by atoms with E-state index in [1.165, 1.54) is 0 Å². The van der Waals surface area contributed by atoms with Crippen LogP contribution < -0.4 is 0 Å². The monoisotopic (exact) mass is 230 g/mol. The van der Waals surface area contributed by atoms with Crippen molar-refractivity contribution >= 4 is 14.3 Å². The minimum Gasteiger partial charge on any atom is -0.434 e. The average molecular weight is 230 g/mol. The van der Waals surface area contributed by atoms with Gasteiger partial charge in [0.25, 0.3) is 0 Å². The molecule has 0 saturated heterocycles. The van der Waals surface area contributed by atoms with Gasteiger partial charge in [0.05, 0.1) is 0 Å². The Morgan fingerprint density at radius 2 is 1.80 bits per heavy atom. The summed E-state index contributed by atoms with van der Waals surface area (Å²) < 4.78 is 10.9. The van der Waals surface area contributed by atoms with Crippen LogP contribution in [0.15, 0.2) is 12.7 Å². The number of carbonyl (C=O) groups excluding carboxylic acids is 1. The Kier molecular flexibility index (Phi) is 6.52. The van der Waals surface area contributed by atoms with Gasteiger partial charge in [-0.15, -0.1) is 0 Å². The van der Waals surface area contributed by atoms with Gasteiger partial charge in [0.15, 0.2) is 14.6 Å². The molecule has 1 unspecified atom stereocenters. The molecular formula is C11H22O3Si. The predicted molar refractivity (Wildman–Crippen MR) is 64.0 cm³/mol. The van der Waals surface area contributed by atoms with Crippen molar-refractivity contribution in [3.8, 4) is 0 Å². The van der Waals surface area contributed by atoms with Crippen molar-refractivity contribution in [2.24, 2.45) is 0 Å². The highest BCUT2D eigenvalue weighted by Crippen LogP contribution is 2.23. The summed E-state index contributed by atoms with van der Waals surface area (Å²) in [7, 11) is -1.67. The molecule has 0 N–H and O–H groups in total. The molecule has 0 saturated carbocycles. The summed E-state index contributed by atoms with van der Waals surface area (Å²) in [6.45, 7) is 11.5. The summed E-state index contributed by atoms with van der Waals surface area (Å²) in [4.78, 5) is 11.0. The quantitative estimate of drug-likeness (QED) is 0.292. The predicted octanol–water partition coefficient (Wildman–Crippen LogP) is 3.08. The lowest BCUT2D eigenvalue weighted by Crippen LogP contribution is -2.40. The highest BCUT2D eigenvalue weighted by Gasteiger charge is 2.31. The molecular weight excluding hydrogens is 208 g/mol. The second-order valence-corrected chi connectivity index (χ2v) is 8.29. The molecule has 0 fully saturated rings. The minimum atomic E-state index is -1.67. The third-order valence-corrected chi connectivity index (χ3v) is 7.50. The van der Waals surface area contributed by atoms with Crippen molar-refractivity contribution in [2.75, 3.05) is 0 Å². The first-order valence-corrected chi connectivity index (χ1v) is 8.07. The van der Waals surface area contributed by atoms with E-state index in [9.17, 15) is 4.79 Å². The van der Waals surface area contributed by atoms with E-state index < -0.39 is 20.6 Å². The Bertz CT molecular complexity index is 204. The summed E-state index contributed by atoms with van der Waals surface area (Å²) in [5.41, 5.74) is 0. The van der Waals surface area contributed by atoms with Crippen molar-refractivity contribution in [1.82, 2.24) is 0 Å². The van der Waals surface area contributed by atoms with Crippen LogP contribution in [0.25, 0.3) is 0 Å². The van der Waals surface area contributed by atoms with Gasteiger partial charge in [0.2, 0.25) is 0 Å². The SMILES string of the molecule is C=CC(=O)OC(C)O[Si](CC)(CC)CC. The molecule has 4 heteroatoms. The third kappa shape index (κ3) is 4.62. The summed E-state index contributed by atoms with van der Waals surface area (Å²) in [5.74, 6) is -0.422. The van der Waals surface area contributed by atoms with Gasteiger partial charge >= 0.3 is 5.97 Å². The molecule has 0 aliphatic heterocycles. The Morgan fingerprint density at radius 1 is 1.33 bits per heavy atom. The number of rotatable bonds is 7. The molecule has 0 amide bonds.